The lowest BCUT2D eigenvalue weighted by atomic mass is 9.86. The third-order valence-corrected chi connectivity index (χ3v) is 4.26. The van der Waals surface area contributed by atoms with Crippen LogP contribution in [-0.2, 0) is 0 Å². The Labute approximate surface area is 108 Å². The van der Waals surface area contributed by atoms with E-state index in [2.05, 4.69) is 30.9 Å². The monoisotopic (exact) mass is 253 g/mol. The van der Waals surface area contributed by atoms with Gasteiger partial charge in [0.2, 0.25) is 0 Å². The van der Waals surface area contributed by atoms with E-state index >= 15 is 0 Å². The highest BCUT2D eigenvalue weighted by molar-refractivity contribution is 6.30. The van der Waals surface area contributed by atoms with Gasteiger partial charge >= 0.3 is 0 Å². The maximum absolute atomic E-state index is 9.12. The topological polar surface area (TPSA) is 23.5 Å². The van der Waals surface area contributed by atoms with Crippen molar-refractivity contribution in [1.29, 1.82) is 0 Å². The number of hydrogen-bond acceptors (Lipinski definition) is 2. The van der Waals surface area contributed by atoms with Crippen LogP contribution in [0.4, 0.5) is 5.69 Å². The molecule has 1 heterocycles. The molecular formula is C14H20ClNO. The Morgan fingerprint density at radius 1 is 1.35 bits per heavy atom. The lowest BCUT2D eigenvalue weighted by molar-refractivity contribution is 0.229. The van der Waals surface area contributed by atoms with Crippen molar-refractivity contribution in [2.24, 2.45) is 5.92 Å². The van der Waals surface area contributed by atoms with Crippen molar-refractivity contribution in [2.75, 3.05) is 18.1 Å². The minimum absolute atomic E-state index is 0.108. The van der Waals surface area contributed by atoms with Crippen molar-refractivity contribution in [3.63, 3.8) is 0 Å². The maximum atomic E-state index is 9.12. The lowest BCUT2D eigenvalue weighted by Crippen LogP contribution is -2.42. The Kier molecular flexibility index (Phi) is 3.64. The molecule has 2 rings (SSSR count). The standard InChI is InChI=1S/C14H20ClNO/c1-14(2)11(8-10-17)7-9-16(14)13-5-3-12(15)4-6-13/h3-6,11,17H,7-10H2,1-2H3. The van der Waals surface area contributed by atoms with Crippen LogP contribution in [0, 0.1) is 5.92 Å². The first-order valence-electron chi connectivity index (χ1n) is 6.20. The molecule has 1 fully saturated rings. The fourth-order valence-corrected chi connectivity index (χ4v) is 3.01. The van der Waals surface area contributed by atoms with Crippen molar-refractivity contribution < 1.29 is 5.11 Å². The Balaban J connectivity index is 2.20. The second kappa shape index (κ2) is 4.87. The van der Waals surface area contributed by atoms with Crippen LogP contribution in [-0.4, -0.2) is 23.8 Å². The van der Waals surface area contributed by atoms with Crippen LogP contribution in [0.5, 0.6) is 0 Å². The summed E-state index contributed by atoms with van der Waals surface area (Å²) >= 11 is 5.92. The van der Waals surface area contributed by atoms with Crippen molar-refractivity contribution >= 4 is 17.3 Å². The SMILES string of the molecule is CC1(C)C(CCO)CCN1c1ccc(Cl)cc1. The minimum Gasteiger partial charge on any atom is -0.396 e. The molecule has 1 aliphatic rings. The molecule has 1 aliphatic heterocycles. The summed E-state index contributed by atoms with van der Waals surface area (Å²) in [6, 6.07) is 8.02. The van der Waals surface area contributed by atoms with Crippen molar-refractivity contribution in [3.05, 3.63) is 29.3 Å². The Hall–Kier alpha value is -0.730. The highest BCUT2D eigenvalue weighted by Crippen LogP contribution is 2.39. The van der Waals surface area contributed by atoms with E-state index in [1.807, 2.05) is 12.1 Å². The first kappa shape index (κ1) is 12.7. The molecule has 2 nitrogen and oxygen atoms in total. The minimum atomic E-state index is 0.108. The van der Waals surface area contributed by atoms with Gasteiger partial charge in [-0.15, -0.1) is 0 Å². The lowest BCUT2D eigenvalue weighted by Gasteiger charge is -2.37. The van der Waals surface area contributed by atoms with Crippen molar-refractivity contribution in [2.45, 2.75) is 32.2 Å². The summed E-state index contributed by atoms with van der Waals surface area (Å²) in [5.74, 6) is 0.558. The van der Waals surface area contributed by atoms with Gasteiger partial charge in [0.25, 0.3) is 0 Å². The number of aliphatic hydroxyl groups excluding tert-OH is 1. The van der Waals surface area contributed by atoms with Gasteiger partial charge in [0.05, 0.1) is 0 Å². The molecule has 0 aliphatic carbocycles. The zero-order chi connectivity index (χ0) is 12.5. The van der Waals surface area contributed by atoms with Crippen LogP contribution in [0.3, 0.4) is 0 Å². The number of halogens is 1. The predicted molar refractivity (Wildman–Crippen MR) is 72.7 cm³/mol. The summed E-state index contributed by atoms with van der Waals surface area (Å²) < 4.78 is 0. The van der Waals surface area contributed by atoms with Gasteiger partial charge in [0.1, 0.15) is 0 Å². The summed E-state index contributed by atoms with van der Waals surface area (Å²) in [6.45, 7) is 5.85. The average Bonchev–Trinajstić information content (AvgIpc) is 2.57. The molecule has 0 saturated carbocycles. The molecule has 1 atom stereocenters. The third-order valence-electron chi connectivity index (χ3n) is 4.01. The van der Waals surface area contributed by atoms with Gasteiger partial charge < -0.3 is 10.0 Å². The molecule has 1 N–H and O–H groups in total. The second-order valence-electron chi connectivity index (χ2n) is 5.28. The molecule has 94 valence electrons. The zero-order valence-electron chi connectivity index (χ0n) is 10.5. The van der Waals surface area contributed by atoms with Crippen LogP contribution in [0.15, 0.2) is 24.3 Å². The number of aliphatic hydroxyl groups is 1. The average molecular weight is 254 g/mol. The Morgan fingerprint density at radius 2 is 2.00 bits per heavy atom. The van der Waals surface area contributed by atoms with Crippen LogP contribution in [0.2, 0.25) is 5.02 Å². The van der Waals surface area contributed by atoms with E-state index in [1.54, 1.807) is 0 Å². The van der Waals surface area contributed by atoms with E-state index in [9.17, 15) is 0 Å². The highest BCUT2D eigenvalue weighted by atomic mass is 35.5. The van der Waals surface area contributed by atoms with Gasteiger partial charge in [-0.05, 0) is 56.9 Å². The van der Waals surface area contributed by atoms with Gasteiger partial charge in [0, 0.05) is 29.4 Å². The summed E-state index contributed by atoms with van der Waals surface area (Å²) in [7, 11) is 0. The molecule has 17 heavy (non-hydrogen) atoms. The molecule has 0 radical (unpaired) electrons. The van der Waals surface area contributed by atoms with E-state index in [1.165, 1.54) is 5.69 Å². The fourth-order valence-electron chi connectivity index (χ4n) is 2.88. The number of anilines is 1. The smallest absolute Gasteiger partial charge is 0.0434 e. The Morgan fingerprint density at radius 3 is 2.59 bits per heavy atom. The van der Waals surface area contributed by atoms with Gasteiger partial charge in [0.15, 0.2) is 0 Å². The first-order valence-corrected chi connectivity index (χ1v) is 6.57. The maximum Gasteiger partial charge on any atom is 0.0434 e. The Bertz CT molecular complexity index is 374. The molecule has 1 aromatic carbocycles. The molecule has 3 heteroatoms. The molecule has 0 spiro atoms. The van der Waals surface area contributed by atoms with Crippen molar-refractivity contribution in [3.8, 4) is 0 Å². The predicted octanol–water partition coefficient (Wildman–Crippen LogP) is 3.33. The van der Waals surface area contributed by atoms with Gasteiger partial charge in [-0.3, -0.25) is 0 Å². The fraction of sp³-hybridized carbons (Fsp3) is 0.571. The molecule has 0 bridgehead atoms. The molecule has 0 aromatic heterocycles. The highest BCUT2D eigenvalue weighted by Gasteiger charge is 2.40. The molecular weight excluding hydrogens is 234 g/mol. The zero-order valence-corrected chi connectivity index (χ0v) is 11.2. The summed E-state index contributed by atoms with van der Waals surface area (Å²) in [4.78, 5) is 2.42. The normalized spacial score (nSPS) is 23.1. The number of hydrogen-bond donors (Lipinski definition) is 1. The van der Waals surface area contributed by atoms with Gasteiger partial charge in [-0.1, -0.05) is 11.6 Å². The van der Waals surface area contributed by atoms with E-state index in [0.717, 1.165) is 24.4 Å². The summed E-state index contributed by atoms with van der Waals surface area (Å²) in [5.41, 5.74) is 1.33. The van der Waals surface area contributed by atoms with Crippen LogP contribution < -0.4 is 4.90 Å². The van der Waals surface area contributed by atoms with Gasteiger partial charge in [-0.2, -0.15) is 0 Å². The molecule has 1 aromatic rings. The van der Waals surface area contributed by atoms with Crippen LogP contribution in [0.1, 0.15) is 26.7 Å². The summed E-state index contributed by atoms with van der Waals surface area (Å²) in [6.07, 6.45) is 2.03. The third kappa shape index (κ3) is 2.43. The van der Waals surface area contributed by atoms with Crippen LogP contribution >= 0.6 is 11.6 Å². The quantitative estimate of drug-likeness (QED) is 0.893. The number of nitrogens with zero attached hydrogens (tertiary/aromatic N) is 1. The van der Waals surface area contributed by atoms with E-state index in [0.29, 0.717) is 5.92 Å². The van der Waals surface area contributed by atoms with Gasteiger partial charge in [-0.25, -0.2) is 0 Å². The summed E-state index contributed by atoms with van der Waals surface area (Å²) in [5, 5.41) is 9.89. The van der Waals surface area contributed by atoms with E-state index in [4.69, 9.17) is 16.7 Å². The van der Waals surface area contributed by atoms with Crippen LogP contribution in [0.25, 0.3) is 0 Å². The number of rotatable bonds is 3. The van der Waals surface area contributed by atoms with Crippen molar-refractivity contribution in [1.82, 2.24) is 0 Å². The number of benzene rings is 1. The van der Waals surface area contributed by atoms with E-state index < -0.39 is 0 Å². The molecule has 0 amide bonds. The molecule has 1 saturated heterocycles. The largest absolute Gasteiger partial charge is 0.396 e. The second-order valence-corrected chi connectivity index (χ2v) is 5.72. The molecule has 1 unspecified atom stereocenters. The first-order chi connectivity index (χ1) is 8.05. The van der Waals surface area contributed by atoms with E-state index in [-0.39, 0.29) is 12.1 Å².